The summed E-state index contributed by atoms with van der Waals surface area (Å²) in [6.45, 7) is 4.03. The minimum absolute atomic E-state index is 0.0796. The molecule has 0 aliphatic carbocycles. The van der Waals surface area contributed by atoms with E-state index in [4.69, 9.17) is 21.7 Å². The molecular formula is C20H26N2O6S2-2. The zero-order valence-corrected chi connectivity index (χ0v) is 18.3. The fourth-order valence-electron chi connectivity index (χ4n) is 1.51. The van der Waals surface area contributed by atoms with E-state index in [-0.39, 0.29) is 23.3 Å². The number of carboxylic acids is 2. The molecule has 0 amide bonds. The van der Waals surface area contributed by atoms with E-state index in [0.717, 1.165) is 21.6 Å². The number of carbonyl (C=O) groups is 2. The van der Waals surface area contributed by atoms with Crippen LogP contribution in [0.15, 0.2) is 58.3 Å². The lowest BCUT2D eigenvalue weighted by molar-refractivity contribution is -0.256. The topological polar surface area (TPSA) is 173 Å². The number of hydrogen-bond donors (Lipinski definition) is 4. The molecule has 2 aromatic rings. The monoisotopic (exact) mass is 454 g/mol. The number of benzene rings is 2. The highest BCUT2D eigenvalue weighted by Gasteiger charge is 2.07. The molecule has 0 saturated heterocycles. The molecule has 2 atom stereocenters. The van der Waals surface area contributed by atoms with E-state index in [2.05, 4.69) is 0 Å². The first-order valence-corrected chi connectivity index (χ1v) is 11.0. The molecule has 0 fully saturated rings. The number of aliphatic hydroxyl groups is 2. The van der Waals surface area contributed by atoms with E-state index in [0.29, 0.717) is 22.9 Å². The van der Waals surface area contributed by atoms with Crippen molar-refractivity contribution < 1.29 is 30.0 Å². The van der Waals surface area contributed by atoms with Gasteiger partial charge >= 0.3 is 0 Å². The van der Waals surface area contributed by atoms with Gasteiger partial charge in [0.15, 0.2) is 0 Å². The van der Waals surface area contributed by atoms with Crippen molar-refractivity contribution in [1.82, 2.24) is 0 Å². The van der Waals surface area contributed by atoms with E-state index in [1.807, 2.05) is 0 Å². The smallest absolute Gasteiger partial charge is 0.0726 e. The Morgan fingerprint density at radius 3 is 1.30 bits per heavy atom. The Labute approximate surface area is 183 Å². The Kier molecular flexibility index (Phi) is 14.6. The van der Waals surface area contributed by atoms with Crippen LogP contribution in [0.1, 0.15) is 34.6 Å². The summed E-state index contributed by atoms with van der Waals surface area (Å²) in [5, 5.41) is 38.4. The third kappa shape index (κ3) is 11.8. The Bertz CT molecular complexity index is 722. The van der Waals surface area contributed by atoms with Gasteiger partial charge in [0.05, 0.1) is 24.1 Å². The molecule has 0 aliphatic heterocycles. The second-order valence-corrected chi connectivity index (χ2v) is 8.12. The first kappa shape index (κ1) is 27.9. The highest BCUT2D eigenvalue weighted by Crippen LogP contribution is 2.40. The molecule has 0 saturated carbocycles. The van der Waals surface area contributed by atoms with Crippen LogP contribution < -0.4 is 21.7 Å². The second-order valence-electron chi connectivity index (χ2n) is 5.90. The minimum atomic E-state index is -1.26. The molecule has 10 heteroatoms. The first-order chi connectivity index (χ1) is 14.1. The van der Waals surface area contributed by atoms with Crippen molar-refractivity contribution in [2.45, 2.75) is 35.8 Å². The number of rotatable bonds is 7. The third-order valence-electron chi connectivity index (χ3n) is 3.12. The molecule has 2 unspecified atom stereocenters. The van der Waals surface area contributed by atoms with Crippen LogP contribution in [-0.2, 0) is 0 Å². The lowest BCUT2D eigenvalue weighted by Crippen LogP contribution is -2.23. The summed E-state index contributed by atoms with van der Waals surface area (Å²) in [4.78, 5) is 23.0. The van der Waals surface area contributed by atoms with Crippen molar-refractivity contribution in [3.63, 3.8) is 0 Å². The Hall–Kier alpha value is -2.08. The summed E-state index contributed by atoms with van der Waals surface area (Å²) < 4.78 is 0. The molecule has 0 bridgehead atoms. The lowest BCUT2D eigenvalue weighted by atomic mass is 10.2. The molecule has 0 radical (unpaired) electrons. The zero-order chi connectivity index (χ0) is 23.1. The van der Waals surface area contributed by atoms with Gasteiger partial charge in [-0.3, -0.25) is 0 Å². The lowest BCUT2D eigenvalue weighted by Gasteiger charge is -2.11. The highest BCUT2D eigenvalue weighted by molar-refractivity contribution is 8.76. The maximum absolute atomic E-state index is 11.0. The maximum atomic E-state index is 11.0. The fourth-order valence-corrected chi connectivity index (χ4v) is 3.85. The van der Waals surface area contributed by atoms with Gasteiger partial charge in [-0.25, -0.2) is 0 Å². The number of nitrogens with two attached hydrogens (primary N) is 2. The van der Waals surface area contributed by atoms with Crippen molar-refractivity contribution in [3.8, 4) is 0 Å². The SMILES string of the molecule is CC(O)CN.CC(O)CN.O=C([O-])c1ccccc1SSc1ccccc1C(=O)[O-]. The number of aliphatic hydroxyl groups excluding tert-OH is 2. The van der Waals surface area contributed by atoms with E-state index in [1.54, 1.807) is 50.2 Å². The third-order valence-corrected chi connectivity index (χ3v) is 5.60. The standard InChI is InChI=1S/C14H10O4S2.2C3H9NO/c15-13(16)9-5-1-3-7-11(9)19-20-12-8-4-2-6-10(12)14(17)18;2*1-3(5)2-4/h1-8H,(H,15,16)(H,17,18);2*3,5H,2,4H2,1H3/p-2. The van der Waals surface area contributed by atoms with Crippen LogP contribution in [0.2, 0.25) is 0 Å². The van der Waals surface area contributed by atoms with Gasteiger partial charge in [0.2, 0.25) is 0 Å². The van der Waals surface area contributed by atoms with Crippen molar-refractivity contribution in [3.05, 3.63) is 59.7 Å². The van der Waals surface area contributed by atoms with Crippen molar-refractivity contribution in [1.29, 1.82) is 0 Å². The highest BCUT2D eigenvalue weighted by atomic mass is 33.1. The van der Waals surface area contributed by atoms with Crippen LogP contribution >= 0.6 is 21.6 Å². The van der Waals surface area contributed by atoms with Gasteiger partial charge in [-0.15, -0.1) is 0 Å². The summed E-state index contributed by atoms with van der Waals surface area (Å²) in [5.74, 6) is -2.52. The van der Waals surface area contributed by atoms with Crippen LogP contribution in [0.25, 0.3) is 0 Å². The van der Waals surface area contributed by atoms with E-state index >= 15 is 0 Å². The molecular weight excluding hydrogens is 428 g/mol. The number of hydrogen-bond acceptors (Lipinski definition) is 10. The van der Waals surface area contributed by atoms with Crippen molar-refractivity contribution in [2.75, 3.05) is 13.1 Å². The van der Waals surface area contributed by atoms with Crippen molar-refractivity contribution >= 4 is 33.5 Å². The quantitative estimate of drug-likeness (QED) is 0.413. The van der Waals surface area contributed by atoms with Gasteiger partial charge in [0.25, 0.3) is 0 Å². The zero-order valence-electron chi connectivity index (χ0n) is 16.7. The van der Waals surface area contributed by atoms with Crippen LogP contribution in [0.5, 0.6) is 0 Å². The van der Waals surface area contributed by atoms with Gasteiger partial charge in [-0.2, -0.15) is 0 Å². The Balaban J connectivity index is 0.000000702. The molecule has 0 heterocycles. The maximum Gasteiger partial charge on any atom is 0.0726 e. The van der Waals surface area contributed by atoms with Gasteiger partial charge in [0, 0.05) is 34.0 Å². The van der Waals surface area contributed by atoms with E-state index < -0.39 is 11.9 Å². The van der Waals surface area contributed by atoms with Gasteiger partial charge in [-0.1, -0.05) is 58.0 Å². The molecule has 0 aliphatic rings. The summed E-state index contributed by atoms with van der Waals surface area (Å²) in [6, 6.07) is 12.8. The first-order valence-electron chi connectivity index (χ1n) is 8.85. The number of aromatic carboxylic acids is 2. The largest absolute Gasteiger partial charge is 0.545 e. The molecule has 30 heavy (non-hydrogen) atoms. The van der Waals surface area contributed by atoms with Crippen LogP contribution in [0.3, 0.4) is 0 Å². The molecule has 0 spiro atoms. The predicted octanol–water partition coefficient (Wildman–Crippen LogP) is -0.135. The van der Waals surface area contributed by atoms with Crippen molar-refractivity contribution in [2.24, 2.45) is 11.5 Å². The molecule has 2 aromatic carbocycles. The van der Waals surface area contributed by atoms with Gasteiger partial charge in [0.1, 0.15) is 0 Å². The average molecular weight is 455 g/mol. The van der Waals surface area contributed by atoms with E-state index in [9.17, 15) is 19.8 Å². The molecule has 2 rings (SSSR count). The normalized spacial score (nSPS) is 11.8. The van der Waals surface area contributed by atoms with Crippen LogP contribution in [0, 0.1) is 0 Å². The summed E-state index contributed by atoms with van der Waals surface area (Å²) in [7, 11) is 2.33. The molecule has 6 N–H and O–H groups in total. The van der Waals surface area contributed by atoms with Gasteiger partial charge in [-0.05, 0) is 26.0 Å². The van der Waals surface area contributed by atoms with E-state index in [1.165, 1.54) is 12.1 Å². The fraction of sp³-hybridized carbons (Fsp3) is 0.300. The van der Waals surface area contributed by atoms with Crippen LogP contribution in [0.4, 0.5) is 0 Å². The summed E-state index contributed by atoms with van der Waals surface area (Å²) in [5.41, 5.74) is 10.0. The number of carbonyl (C=O) groups excluding carboxylic acids is 2. The average Bonchev–Trinajstić information content (AvgIpc) is 2.73. The number of carboxylic acid groups (broad SMARTS) is 2. The molecule has 0 aromatic heterocycles. The van der Waals surface area contributed by atoms with Crippen LogP contribution in [-0.4, -0.2) is 47.4 Å². The summed E-state index contributed by atoms with van der Waals surface area (Å²) >= 11 is 0. The Morgan fingerprint density at radius 2 is 1.07 bits per heavy atom. The molecule has 166 valence electrons. The summed E-state index contributed by atoms with van der Waals surface area (Å²) in [6.07, 6.45) is -0.676. The Morgan fingerprint density at radius 1 is 0.800 bits per heavy atom. The predicted molar refractivity (Wildman–Crippen MR) is 115 cm³/mol. The molecule has 8 nitrogen and oxygen atoms in total. The van der Waals surface area contributed by atoms with Gasteiger partial charge < -0.3 is 41.5 Å². The second kappa shape index (κ2) is 15.7. The minimum Gasteiger partial charge on any atom is -0.545 e.